The van der Waals surface area contributed by atoms with Gasteiger partial charge in [-0.1, -0.05) is 12.1 Å². The second-order valence-corrected chi connectivity index (χ2v) is 6.67. The molecule has 8 heteroatoms. The lowest BCUT2D eigenvalue weighted by Gasteiger charge is -2.08. The molecule has 0 spiro atoms. The number of hydrogen-bond donors (Lipinski definition) is 0. The lowest BCUT2D eigenvalue weighted by atomic mass is 10.3. The number of methoxy groups -OCH3 is 1. The number of nitrogens with zero attached hydrogens (tertiary/aromatic N) is 5. The van der Waals surface area contributed by atoms with Gasteiger partial charge in [-0.25, -0.2) is 4.79 Å². The Morgan fingerprint density at radius 2 is 1.96 bits per heavy atom. The van der Waals surface area contributed by atoms with Gasteiger partial charge in [0.25, 0.3) is 5.56 Å². The number of aryl methyl sites for hydroxylation is 2. The van der Waals surface area contributed by atoms with Crippen molar-refractivity contribution in [3.05, 3.63) is 69.1 Å². The molecule has 28 heavy (non-hydrogen) atoms. The number of benzene rings is 1. The van der Waals surface area contributed by atoms with E-state index >= 15 is 0 Å². The number of fused-ring (bicyclic) bond motifs is 3. The lowest BCUT2D eigenvalue weighted by Crippen LogP contribution is -2.39. The zero-order valence-electron chi connectivity index (χ0n) is 16.3. The standard InChI is InChI=1S/C20H21N5O3/c1-6-10-23-18(26)16-17(22(4)20(23)27)21-19-24(12(2)13(3)25(16)19)14-8-7-9-15(11-14)28-5/h6-9,11H,1,10H2,2-5H3. The van der Waals surface area contributed by atoms with Crippen molar-refractivity contribution in [1.29, 1.82) is 0 Å². The van der Waals surface area contributed by atoms with E-state index in [1.54, 1.807) is 14.2 Å². The molecule has 3 heterocycles. The van der Waals surface area contributed by atoms with Crippen molar-refractivity contribution in [3.63, 3.8) is 0 Å². The van der Waals surface area contributed by atoms with Crippen LogP contribution in [0, 0.1) is 13.8 Å². The minimum absolute atomic E-state index is 0.142. The molecule has 0 bridgehead atoms. The van der Waals surface area contributed by atoms with Crippen molar-refractivity contribution in [2.24, 2.45) is 7.05 Å². The second kappa shape index (κ2) is 6.26. The molecule has 1 aromatic carbocycles. The van der Waals surface area contributed by atoms with Crippen molar-refractivity contribution in [2.45, 2.75) is 20.4 Å². The molecule has 8 nitrogen and oxygen atoms in total. The monoisotopic (exact) mass is 379 g/mol. The number of hydrogen-bond acceptors (Lipinski definition) is 4. The molecule has 0 N–H and O–H groups in total. The predicted molar refractivity (Wildman–Crippen MR) is 108 cm³/mol. The van der Waals surface area contributed by atoms with E-state index < -0.39 is 5.69 Å². The third-order valence-corrected chi connectivity index (χ3v) is 5.14. The van der Waals surface area contributed by atoms with Crippen LogP contribution in [0.2, 0.25) is 0 Å². The highest BCUT2D eigenvalue weighted by molar-refractivity contribution is 5.77. The van der Waals surface area contributed by atoms with Crippen LogP contribution in [0.25, 0.3) is 22.6 Å². The first kappa shape index (κ1) is 17.8. The Bertz CT molecular complexity index is 1370. The Hall–Kier alpha value is -3.55. The quantitative estimate of drug-likeness (QED) is 0.508. The van der Waals surface area contributed by atoms with Crippen LogP contribution in [0.3, 0.4) is 0 Å². The van der Waals surface area contributed by atoms with Crippen LogP contribution in [0.4, 0.5) is 0 Å². The van der Waals surface area contributed by atoms with Gasteiger partial charge in [0, 0.05) is 31.0 Å². The molecule has 0 unspecified atom stereocenters. The molecule has 0 atom stereocenters. The van der Waals surface area contributed by atoms with Gasteiger partial charge in [-0.2, -0.15) is 4.98 Å². The topological polar surface area (TPSA) is 75.5 Å². The number of imidazole rings is 2. The molecule has 0 amide bonds. The van der Waals surface area contributed by atoms with Gasteiger partial charge in [0.1, 0.15) is 5.75 Å². The third-order valence-electron chi connectivity index (χ3n) is 5.14. The van der Waals surface area contributed by atoms with Crippen LogP contribution in [0.15, 0.2) is 46.5 Å². The fraction of sp³-hybridized carbons (Fsp3) is 0.250. The first-order valence-corrected chi connectivity index (χ1v) is 8.86. The van der Waals surface area contributed by atoms with E-state index in [0.717, 1.165) is 22.8 Å². The molecule has 0 aliphatic rings. The van der Waals surface area contributed by atoms with E-state index in [1.807, 2.05) is 47.1 Å². The maximum absolute atomic E-state index is 13.1. The molecule has 4 aromatic rings. The Morgan fingerprint density at radius 1 is 1.21 bits per heavy atom. The summed E-state index contributed by atoms with van der Waals surface area (Å²) >= 11 is 0. The highest BCUT2D eigenvalue weighted by Crippen LogP contribution is 2.26. The SMILES string of the molecule is C=CCn1c(=O)c2c(nc3n(-c4cccc(OC)c4)c(C)c(C)n23)n(C)c1=O. The van der Waals surface area contributed by atoms with Gasteiger partial charge < -0.3 is 4.74 Å². The molecule has 0 saturated heterocycles. The summed E-state index contributed by atoms with van der Waals surface area (Å²) in [6.45, 7) is 7.69. The summed E-state index contributed by atoms with van der Waals surface area (Å²) in [5.74, 6) is 1.29. The predicted octanol–water partition coefficient (Wildman–Crippen LogP) is 1.95. The Kier molecular flexibility index (Phi) is 3.99. The van der Waals surface area contributed by atoms with Gasteiger partial charge in [-0.3, -0.25) is 22.9 Å². The number of rotatable bonds is 4. The van der Waals surface area contributed by atoms with Crippen molar-refractivity contribution in [1.82, 2.24) is 23.1 Å². The van der Waals surface area contributed by atoms with Crippen LogP contribution in [0.5, 0.6) is 5.75 Å². The number of ether oxygens (including phenoxy) is 1. The zero-order valence-corrected chi connectivity index (χ0v) is 16.3. The van der Waals surface area contributed by atoms with Crippen LogP contribution in [0.1, 0.15) is 11.4 Å². The van der Waals surface area contributed by atoms with Crippen LogP contribution < -0.4 is 16.0 Å². The molecule has 0 saturated carbocycles. The van der Waals surface area contributed by atoms with Crippen LogP contribution >= 0.6 is 0 Å². The Labute approximate surface area is 160 Å². The summed E-state index contributed by atoms with van der Waals surface area (Å²) in [6, 6.07) is 7.62. The van der Waals surface area contributed by atoms with E-state index in [-0.39, 0.29) is 12.1 Å². The first-order chi connectivity index (χ1) is 13.4. The van der Waals surface area contributed by atoms with Crippen molar-refractivity contribution in [3.8, 4) is 11.4 Å². The van der Waals surface area contributed by atoms with Gasteiger partial charge in [0.05, 0.1) is 12.8 Å². The molecule has 0 fully saturated rings. The fourth-order valence-electron chi connectivity index (χ4n) is 3.60. The molecule has 0 aliphatic heterocycles. The molecular formula is C20H21N5O3. The Morgan fingerprint density at radius 3 is 2.64 bits per heavy atom. The molecule has 0 aliphatic carbocycles. The largest absolute Gasteiger partial charge is 0.497 e. The molecule has 3 aromatic heterocycles. The van der Waals surface area contributed by atoms with E-state index in [0.29, 0.717) is 16.9 Å². The average Bonchev–Trinajstić information content (AvgIpc) is 3.19. The first-order valence-electron chi connectivity index (χ1n) is 8.86. The maximum Gasteiger partial charge on any atom is 0.332 e. The molecule has 144 valence electrons. The average molecular weight is 379 g/mol. The maximum atomic E-state index is 13.1. The van der Waals surface area contributed by atoms with Crippen LogP contribution in [-0.2, 0) is 13.6 Å². The van der Waals surface area contributed by atoms with Gasteiger partial charge in [-0.05, 0) is 26.0 Å². The van der Waals surface area contributed by atoms with E-state index in [4.69, 9.17) is 4.74 Å². The molecule has 4 rings (SSSR count). The van der Waals surface area contributed by atoms with Gasteiger partial charge in [0.15, 0.2) is 11.2 Å². The van der Waals surface area contributed by atoms with Gasteiger partial charge in [0.2, 0.25) is 5.78 Å². The van der Waals surface area contributed by atoms with E-state index in [9.17, 15) is 9.59 Å². The third kappa shape index (κ3) is 2.27. The van der Waals surface area contributed by atoms with Crippen LogP contribution in [-0.4, -0.2) is 30.2 Å². The number of allylic oxidation sites excluding steroid dienone is 1. The second-order valence-electron chi connectivity index (χ2n) is 6.67. The summed E-state index contributed by atoms with van der Waals surface area (Å²) < 4.78 is 11.7. The summed E-state index contributed by atoms with van der Waals surface area (Å²) in [5, 5.41) is 0. The van der Waals surface area contributed by atoms with E-state index in [1.165, 1.54) is 15.2 Å². The summed E-state index contributed by atoms with van der Waals surface area (Å²) in [4.78, 5) is 30.3. The normalized spacial score (nSPS) is 11.4. The minimum Gasteiger partial charge on any atom is -0.497 e. The van der Waals surface area contributed by atoms with Gasteiger partial charge >= 0.3 is 5.69 Å². The van der Waals surface area contributed by atoms with Crippen molar-refractivity contribution >= 4 is 16.9 Å². The number of aromatic nitrogens is 5. The lowest BCUT2D eigenvalue weighted by molar-refractivity contribution is 0.414. The Balaban J connectivity index is 2.19. The zero-order chi connectivity index (χ0) is 20.2. The van der Waals surface area contributed by atoms with Gasteiger partial charge in [-0.15, -0.1) is 6.58 Å². The van der Waals surface area contributed by atoms with E-state index in [2.05, 4.69) is 11.6 Å². The smallest absolute Gasteiger partial charge is 0.332 e. The summed E-state index contributed by atoms with van der Waals surface area (Å²) in [7, 11) is 3.23. The highest BCUT2D eigenvalue weighted by atomic mass is 16.5. The van der Waals surface area contributed by atoms with Crippen molar-refractivity contribution < 1.29 is 4.74 Å². The van der Waals surface area contributed by atoms with Crippen molar-refractivity contribution in [2.75, 3.05) is 7.11 Å². The summed E-state index contributed by atoms with van der Waals surface area (Å²) in [5.41, 5.74) is 2.62. The molecular weight excluding hydrogens is 358 g/mol. The fourth-order valence-corrected chi connectivity index (χ4v) is 3.60. The summed E-state index contributed by atoms with van der Waals surface area (Å²) in [6.07, 6.45) is 1.53. The molecule has 0 radical (unpaired) electrons. The highest BCUT2D eigenvalue weighted by Gasteiger charge is 2.23. The minimum atomic E-state index is -0.416.